The summed E-state index contributed by atoms with van der Waals surface area (Å²) < 4.78 is 28.4. The van der Waals surface area contributed by atoms with Gasteiger partial charge in [0.2, 0.25) is 10.0 Å². The molecule has 0 radical (unpaired) electrons. The molecule has 0 aliphatic heterocycles. The van der Waals surface area contributed by atoms with Gasteiger partial charge in [-0.05, 0) is 31.0 Å². The Morgan fingerprint density at radius 2 is 1.92 bits per heavy atom. The molecule has 0 bridgehead atoms. The highest BCUT2D eigenvalue weighted by atomic mass is 32.2. The second-order valence-electron chi connectivity index (χ2n) is 5.88. The first-order valence-electron chi connectivity index (χ1n) is 7.63. The van der Waals surface area contributed by atoms with Crippen LogP contribution in [0.15, 0.2) is 52.9 Å². The zero-order valence-corrected chi connectivity index (χ0v) is 15.4. The highest BCUT2D eigenvalue weighted by Crippen LogP contribution is 2.42. The minimum atomic E-state index is -3.47. The monoisotopic (exact) mass is 376 g/mol. The number of aromatic nitrogens is 1. The van der Waals surface area contributed by atoms with E-state index in [-0.39, 0.29) is 12.0 Å². The zero-order chi connectivity index (χ0) is 16.7. The van der Waals surface area contributed by atoms with Crippen LogP contribution in [0.25, 0.3) is 9.88 Å². The van der Waals surface area contributed by atoms with E-state index in [1.54, 1.807) is 23.6 Å². The van der Waals surface area contributed by atoms with Crippen molar-refractivity contribution in [3.8, 4) is 9.88 Å². The van der Waals surface area contributed by atoms with Gasteiger partial charge in [-0.15, -0.1) is 22.7 Å². The van der Waals surface area contributed by atoms with Crippen LogP contribution in [-0.2, 0) is 10.0 Å². The third kappa shape index (κ3) is 3.17. The van der Waals surface area contributed by atoms with Crippen LogP contribution in [-0.4, -0.2) is 19.4 Å². The fraction of sp³-hybridized carbons (Fsp3) is 0.235. The predicted molar refractivity (Wildman–Crippen MR) is 98.1 cm³/mol. The number of aryl methyl sites for hydroxylation is 1. The number of benzene rings is 1. The molecule has 2 aromatic heterocycles. The molecular formula is C17H16N2O2S3. The smallest absolute Gasteiger partial charge is 0.243 e. The van der Waals surface area contributed by atoms with Crippen LogP contribution in [0, 0.1) is 6.92 Å². The van der Waals surface area contributed by atoms with Crippen LogP contribution in [0.2, 0.25) is 0 Å². The average Bonchev–Trinajstić information content (AvgIpc) is 2.98. The zero-order valence-electron chi connectivity index (χ0n) is 13.0. The molecule has 0 saturated heterocycles. The highest BCUT2D eigenvalue weighted by Gasteiger charge is 2.41. The second kappa shape index (κ2) is 6.07. The van der Waals surface area contributed by atoms with Crippen molar-refractivity contribution in [1.82, 2.24) is 9.71 Å². The molecule has 1 fully saturated rings. The van der Waals surface area contributed by atoms with Crippen molar-refractivity contribution in [2.45, 2.75) is 29.5 Å². The normalized spacial score (nSPS) is 20.2. The quantitative estimate of drug-likeness (QED) is 0.732. The summed E-state index contributed by atoms with van der Waals surface area (Å²) in [6.07, 6.45) is 2.66. The second-order valence-corrected chi connectivity index (χ2v) is 10.1. The van der Waals surface area contributed by atoms with Gasteiger partial charge in [-0.2, -0.15) is 0 Å². The lowest BCUT2D eigenvalue weighted by Gasteiger charge is -2.04. The maximum atomic E-state index is 12.6. The first-order valence-corrected chi connectivity index (χ1v) is 10.7. The minimum absolute atomic E-state index is 0.00921. The van der Waals surface area contributed by atoms with E-state index >= 15 is 0 Å². The van der Waals surface area contributed by atoms with Gasteiger partial charge in [0, 0.05) is 23.0 Å². The molecule has 4 nitrogen and oxygen atoms in total. The molecule has 0 unspecified atom stereocenters. The molecule has 1 N–H and O–H groups in total. The van der Waals surface area contributed by atoms with E-state index in [0.717, 1.165) is 21.2 Å². The van der Waals surface area contributed by atoms with E-state index < -0.39 is 10.0 Å². The summed E-state index contributed by atoms with van der Waals surface area (Å²) in [6.45, 7) is 1.99. The van der Waals surface area contributed by atoms with Crippen molar-refractivity contribution >= 4 is 32.7 Å². The van der Waals surface area contributed by atoms with Crippen molar-refractivity contribution < 1.29 is 8.42 Å². The van der Waals surface area contributed by atoms with Crippen molar-refractivity contribution in [2.75, 3.05) is 0 Å². The molecule has 0 amide bonds. The lowest BCUT2D eigenvalue weighted by atomic mass is 10.1. The van der Waals surface area contributed by atoms with E-state index in [9.17, 15) is 8.42 Å². The fourth-order valence-electron chi connectivity index (χ4n) is 2.70. The molecule has 3 aromatic rings. The van der Waals surface area contributed by atoms with E-state index in [0.29, 0.717) is 4.21 Å². The van der Waals surface area contributed by atoms with Crippen LogP contribution in [0.3, 0.4) is 0 Å². The summed E-state index contributed by atoms with van der Waals surface area (Å²) in [7, 11) is -3.47. The minimum Gasteiger partial charge on any atom is -0.243 e. The molecule has 0 spiro atoms. The van der Waals surface area contributed by atoms with E-state index in [2.05, 4.69) is 9.71 Å². The van der Waals surface area contributed by atoms with Crippen molar-refractivity contribution in [3.05, 3.63) is 59.1 Å². The van der Waals surface area contributed by atoms with Gasteiger partial charge >= 0.3 is 0 Å². The number of hydrogen-bond donors (Lipinski definition) is 1. The number of thiophene rings is 1. The Morgan fingerprint density at radius 1 is 1.12 bits per heavy atom. The third-order valence-corrected chi connectivity index (χ3v) is 8.15. The molecule has 1 aromatic carbocycles. The lowest BCUT2D eigenvalue weighted by molar-refractivity contribution is 0.582. The van der Waals surface area contributed by atoms with Crippen LogP contribution >= 0.6 is 22.7 Å². The summed E-state index contributed by atoms with van der Waals surface area (Å²) in [5.74, 6) is 0.280. The Balaban J connectivity index is 1.49. The number of hydrogen-bond acceptors (Lipinski definition) is 5. The summed E-state index contributed by atoms with van der Waals surface area (Å²) in [5.41, 5.74) is 1.19. The van der Waals surface area contributed by atoms with Gasteiger partial charge in [0.1, 0.15) is 9.22 Å². The molecule has 124 valence electrons. The van der Waals surface area contributed by atoms with Crippen molar-refractivity contribution in [1.29, 1.82) is 0 Å². The first-order chi connectivity index (χ1) is 11.5. The molecule has 7 heteroatoms. The maximum Gasteiger partial charge on any atom is 0.250 e. The highest BCUT2D eigenvalue weighted by molar-refractivity contribution is 7.91. The van der Waals surface area contributed by atoms with Crippen LogP contribution in [0.1, 0.15) is 22.8 Å². The Hall–Kier alpha value is -1.54. The largest absolute Gasteiger partial charge is 0.250 e. The Labute approximate surface area is 149 Å². The van der Waals surface area contributed by atoms with E-state index in [1.165, 1.54) is 16.9 Å². The molecule has 1 aliphatic rings. The Kier molecular flexibility index (Phi) is 4.04. The molecular weight excluding hydrogens is 360 g/mol. The standard InChI is InChI=1S/C17H16N2O2S3/c1-11-10-18-17(22-11)15-7-8-16(23-15)24(20,21)19-14-9-13(14)12-5-3-2-4-6-12/h2-8,10,13-14,19H,9H2,1H3/t13-,14+/m1/s1. The van der Waals surface area contributed by atoms with Crippen LogP contribution < -0.4 is 4.72 Å². The van der Waals surface area contributed by atoms with Crippen LogP contribution in [0.5, 0.6) is 0 Å². The van der Waals surface area contributed by atoms with E-state index in [4.69, 9.17) is 0 Å². The van der Waals surface area contributed by atoms with Gasteiger partial charge in [0.15, 0.2) is 0 Å². The van der Waals surface area contributed by atoms with Crippen molar-refractivity contribution in [3.63, 3.8) is 0 Å². The summed E-state index contributed by atoms with van der Waals surface area (Å²) >= 11 is 2.84. The Bertz CT molecular complexity index is 961. The topological polar surface area (TPSA) is 59.1 Å². The summed E-state index contributed by atoms with van der Waals surface area (Å²) in [4.78, 5) is 6.33. The molecule has 2 atom stereocenters. The number of nitrogens with one attached hydrogen (secondary N) is 1. The lowest BCUT2D eigenvalue weighted by Crippen LogP contribution is -2.26. The number of sulfonamides is 1. The molecule has 24 heavy (non-hydrogen) atoms. The van der Waals surface area contributed by atoms with Crippen molar-refractivity contribution in [2.24, 2.45) is 0 Å². The molecule has 1 aliphatic carbocycles. The average molecular weight is 377 g/mol. The number of rotatable bonds is 5. The molecule has 2 heterocycles. The number of thiazole rings is 1. The first kappa shape index (κ1) is 16.0. The van der Waals surface area contributed by atoms with Gasteiger partial charge in [0.05, 0.1) is 4.88 Å². The maximum absolute atomic E-state index is 12.6. The molecule has 1 saturated carbocycles. The van der Waals surface area contributed by atoms with Gasteiger partial charge in [-0.1, -0.05) is 30.3 Å². The van der Waals surface area contributed by atoms with Crippen LogP contribution in [0.4, 0.5) is 0 Å². The van der Waals surface area contributed by atoms with Gasteiger partial charge in [-0.25, -0.2) is 18.1 Å². The summed E-state index contributed by atoms with van der Waals surface area (Å²) in [6, 6.07) is 13.5. The third-order valence-electron chi connectivity index (χ3n) is 4.00. The van der Waals surface area contributed by atoms with Gasteiger partial charge in [0.25, 0.3) is 0 Å². The fourth-order valence-corrected chi connectivity index (χ4v) is 6.14. The molecule has 4 rings (SSSR count). The number of nitrogens with zero attached hydrogens (tertiary/aromatic N) is 1. The Morgan fingerprint density at radius 3 is 2.62 bits per heavy atom. The van der Waals surface area contributed by atoms with Gasteiger partial charge in [-0.3, -0.25) is 0 Å². The summed E-state index contributed by atoms with van der Waals surface area (Å²) in [5, 5.41) is 0.868. The van der Waals surface area contributed by atoms with Gasteiger partial charge < -0.3 is 0 Å². The van der Waals surface area contributed by atoms with E-state index in [1.807, 2.05) is 43.3 Å². The predicted octanol–water partition coefficient (Wildman–Crippen LogP) is 4.01. The SMILES string of the molecule is Cc1cnc(-c2ccc(S(=O)(=O)N[C@H]3C[C@@H]3c3ccccc3)s2)s1.